The molecule has 0 radical (unpaired) electrons. The number of oxime groups is 1. The van der Waals surface area contributed by atoms with Crippen LogP contribution in [0.25, 0.3) is 0 Å². The fourth-order valence-corrected chi connectivity index (χ4v) is 0.948. The van der Waals surface area contributed by atoms with Gasteiger partial charge in [-0.2, -0.15) is 0 Å². The molecule has 0 bridgehead atoms. The van der Waals surface area contributed by atoms with E-state index in [9.17, 15) is 0 Å². The molecule has 0 amide bonds. The van der Waals surface area contributed by atoms with E-state index in [1.54, 1.807) is 6.07 Å². The fourth-order valence-electron chi connectivity index (χ4n) is 0.948. The van der Waals surface area contributed by atoms with Crippen LogP contribution in [-0.2, 0) is 6.42 Å². The number of nitrogens with two attached hydrogens (primary N) is 1. The van der Waals surface area contributed by atoms with Crippen molar-refractivity contribution in [2.45, 2.75) is 6.42 Å². The Balaban J connectivity index is 2.84. The number of rotatable bonds is 3. The molecule has 0 fully saturated rings. The molecule has 0 aliphatic carbocycles. The highest BCUT2D eigenvalue weighted by atomic mass is 16.4. The van der Waals surface area contributed by atoms with Crippen LogP contribution in [0.5, 0.6) is 0 Å². The Hall–Kier alpha value is -1.85. The van der Waals surface area contributed by atoms with Gasteiger partial charge in [0.15, 0.2) is 0 Å². The van der Waals surface area contributed by atoms with Crippen LogP contribution < -0.4 is 10.6 Å². The van der Waals surface area contributed by atoms with Gasteiger partial charge in [-0.1, -0.05) is 5.16 Å². The van der Waals surface area contributed by atoms with E-state index in [1.165, 1.54) is 6.33 Å². The summed E-state index contributed by atoms with van der Waals surface area (Å²) in [6, 6.07) is 1.79. The lowest BCUT2D eigenvalue weighted by Crippen LogP contribution is -2.17. The first-order valence-electron chi connectivity index (χ1n) is 4.08. The van der Waals surface area contributed by atoms with Crippen LogP contribution in [0, 0.1) is 0 Å². The quantitative estimate of drug-likeness (QED) is 0.302. The van der Waals surface area contributed by atoms with Gasteiger partial charge >= 0.3 is 0 Å². The predicted octanol–water partition coefficient (Wildman–Crippen LogP) is -0.169. The summed E-state index contributed by atoms with van der Waals surface area (Å²) in [6.45, 7) is 0. The molecule has 1 aromatic rings. The van der Waals surface area contributed by atoms with Crippen LogP contribution in [0.2, 0.25) is 0 Å². The Bertz CT molecular complexity index is 336. The molecule has 3 N–H and O–H groups in total. The summed E-state index contributed by atoms with van der Waals surface area (Å²) in [7, 11) is 3.77. The fraction of sp³-hybridized carbons (Fsp3) is 0.375. The predicted molar refractivity (Wildman–Crippen MR) is 53.5 cm³/mol. The van der Waals surface area contributed by atoms with Gasteiger partial charge in [-0.25, -0.2) is 9.97 Å². The Kier molecular flexibility index (Phi) is 3.22. The normalized spacial score (nSPS) is 11.4. The summed E-state index contributed by atoms with van der Waals surface area (Å²) in [5.41, 5.74) is 6.08. The molecule has 0 unspecified atom stereocenters. The molecule has 0 aliphatic heterocycles. The van der Waals surface area contributed by atoms with E-state index in [-0.39, 0.29) is 5.84 Å². The van der Waals surface area contributed by atoms with Gasteiger partial charge in [0, 0.05) is 20.2 Å². The molecule has 14 heavy (non-hydrogen) atoms. The summed E-state index contributed by atoms with van der Waals surface area (Å²) in [4.78, 5) is 9.90. The van der Waals surface area contributed by atoms with Crippen LogP contribution in [-0.4, -0.2) is 35.1 Å². The molecule has 6 heteroatoms. The van der Waals surface area contributed by atoms with E-state index in [0.29, 0.717) is 6.42 Å². The molecule has 0 aliphatic rings. The first kappa shape index (κ1) is 10.2. The third-order valence-electron chi connectivity index (χ3n) is 1.66. The lowest BCUT2D eigenvalue weighted by molar-refractivity contribution is 0.317. The van der Waals surface area contributed by atoms with E-state index < -0.39 is 0 Å². The van der Waals surface area contributed by atoms with Gasteiger partial charge < -0.3 is 15.8 Å². The SMILES string of the molecule is CN(C)c1cc(C/C(N)=N/O)ncn1. The molecular weight excluding hydrogens is 182 g/mol. The summed E-state index contributed by atoms with van der Waals surface area (Å²) in [5, 5.41) is 11.3. The van der Waals surface area contributed by atoms with Gasteiger partial charge in [0.2, 0.25) is 0 Å². The molecular formula is C8H13N5O. The number of aromatic nitrogens is 2. The molecule has 6 nitrogen and oxygen atoms in total. The highest BCUT2D eigenvalue weighted by Gasteiger charge is 2.02. The number of hydrogen-bond acceptors (Lipinski definition) is 5. The summed E-state index contributed by atoms with van der Waals surface area (Å²) in [5.74, 6) is 0.925. The first-order valence-corrected chi connectivity index (χ1v) is 4.08. The van der Waals surface area contributed by atoms with Crippen molar-refractivity contribution >= 4 is 11.7 Å². The van der Waals surface area contributed by atoms with Crippen molar-refractivity contribution in [1.82, 2.24) is 9.97 Å². The number of amidine groups is 1. The smallest absolute Gasteiger partial charge is 0.145 e. The standard InChI is InChI=1S/C8H13N5O/c1-13(2)8-4-6(10-5-11-8)3-7(9)12-14/h4-5,14H,3H2,1-2H3,(H2,9,12). The monoisotopic (exact) mass is 195 g/mol. The maximum Gasteiger partial charge on any atom is 0.145 e. The van der Waals surface area contributed by atoms with E-state index in [0.717, 1.165) is 11.5 Å². The Morgan fingerprint density at radius 3 is 2.86 bits per heavy atom. The lowest BCUT2D eigenvalue weighted by Gasteiger charge is -2.11. The van der Waals surface area contributed by atoms with Gasteiger partial charge in [0.05, 0.1) is 12.1 Å². The molecule has 1 rings (SSSR count). The van der Waals surface area contributed by atoms with Crippen LogP contribution in [0.3, 0.4) is 0 Å². The van der Waals surface area contributed by atoms with Crippen molar-refractivity contribution in [3.8, 4) is 0 Å². The van der Waals surface area contributed by atoms with Gasteiger partial charge in [0.25, 0.3) is 0 Å². The third kappa shape index (κ3) is 2.58. The average molecular weight is 195 g/mol. The molecule has 0 aromatic carbocycles. The zero-order valence-corrected chi connectivity index (χ0v) is 8.18. The molecule has 1 aromatic heterocycles. The van der Waals surface area contributed by atoms with E-state index in [4.69, 9.17) is 10.9 Å². The van der Waals surface area contributed by atoms with E-state index in [2.05, 4.69) is 15.1 Å². The van der Waals surface area contributed by atoms with Crippen LogP contribution in [0.4, 0.5) is 5.82 Å². The second-order valence-corrected chi connectivity index (χ2v) is 3.03. The average Bonchev–Trinajstić information content (AvgIpc) is 2.18. The van der Waals surface area contributed by atoms with Crippen LogP contribution in [0.15, 0.2) is 17.5 Å². The maximum atomic E-state index is 8.38. The van der Waals surface area contributed by atoms with Gasteiger partial charge in [0.1, 0.15) is 18.0 Å². The summed E-state index contributed by atoms with van der Waals surface area (Å²) >= 11 is 0. The Morgan fingerprint density at radius 2 is 2.29 bits per heavy atom. The van der Waals surface area contributed by atoms with Crippen molar-refractivity contribution in [3.05, 3.63) is 18.1 Å². The molecule has 0 saturated heterocycles. The number of hydrogen-bond donors (Lipinski definition) is 2. The zero-order chi connectivity index (χ0) is 10.6. The van der Waals surface area contributed by atoms with E-state index in [1.807, 2.05) is 19.0 Å². The molecule has 76 valence electrons. The topological polar surface area (TPSA) is 87.6 Å². The van der Waals surface area contributed by atoms with Gasteiger partial charge in [-0.3, -0.25) is 0 Å². The van der Waals surface area contributed by atoms with Crippen molar-refractivity contribution in [2.75, 3.05) is 19.0 Å². The minimum Gasteiger partial charge on any atom is -0.409 e. The van der Waals surface area contributed by atoms with Crippen LogP contribution >= 0.6 is 0 Å². The summed E-state index contributed by atoms with van der Waals surface area (Å²) < 4.78 is 0. The Labute approximate surface area is 82.1 Å². The Morgan fingerprint density at radius 1 is 1.57 bits per heavy atom. The first-order chi connectivity index (χ1) is 6.63. The molecule has 0 atom stereocenters. The zero-order valence-electron chi connectivity index (χ0n) is 8.18. The molecule has 0 saturated carbocycles. The third-order valence-corrected chi connectivity index (χ3v) is 1.66. The van der Waals surface area contributed by atoms with E-state index >= 15 is 0 Å². The highest BCUT2D eigenvalue weighted by molar-refractivity contribution is 5.81. The van der Waals surface area contributed by atoms with Crippen LogP contribution in [0.1, 0.15) is 5.69 Å². The van der Waals surface area contributed by atoms with Crippen molar-refractivity contribution in [2.24, 2.45) is 10.9 Å². The minimum absolute atomic E-state index is 0.133. The minimum atomic E-state index is 0.133. The summed E-state index contributed by atoms with van der Waals surface area (Å²) in [6.07, 6.45) is 1.77. The lowest BCUT2D eigenvalue weighted by atomic mass is 10.3. The second-order valence-electron chi connectivity index (χ2n) is 3.03. The highest BCUT2D eigenvalue weighted by Crippen LogP contribution is 2.07. The van der Waals surface area contributed by atoms with Crippen molar-refractivity contribution in [3.63, 3.8) is 0 Å². The van der Waals surface area contributed by atoms with Gasteiger partial charge in [-0.15, -0.1) is 0 Å². The van der Waals surface area contributed by atoms with Crippen molar-refractivity contribution in [1.29, 1.82) is 0 Å². The second kappa shape index (κ2) is 4.40. The number of nitrogens with zero attached hydrogens (tertiary/aromatic N) is 4. The molecule has 1 heterocycles. The van der Waals surface area contributed by atoms with Gasteiger partial charge in [-0.05, 0) is 0 Å². The number of anilines is 1. The maximum absolute atomic E-state index is 8.38. The van der Waals surface area contributed by atoms with Crippen molar-refractivity contribution < 1.29 is 5.21 Å². The largest absolute Gasteiger partial charge is 0.409 e. The molecule has 0 spiro atoms.